The molecule has 4 nitrogen and oxygen atoms in total. The van der Waals surface area contributed by atoms with Gasteiger partial charge in [0, 0.05) is 3.57 Å². The number of ether oxygens (including phenoxy) is 1. The molecule has 0 unspecified atom stereocenters. The number of hydrogen-bond acceptors (Lipinski definition) is 3. The van der Waals surface area contributed by atoms with Crippen molar-refractivity contribution < 1.29 is 14.3 Å². The van der Waals surface area contributed by atoms with Crippen molar-refractivity contribution in [2.75, 3.05) is 11.9 Å². The molecule has 0 saturated heterocycles. The second-order valence-corrected chi connectivity index (χ2v) is 5.07. The lowest BCUT2D eigenvalue weighted by Crippen LogP contribution is -2.21. The van der Waals surface area contributed by atoms with Crippen molar-refractivity contribution in [2.45, 2.75) is 12.8 Å². The summed E-state index contributed by atoms with van der Waals surface area (Å²) in [7, 11) is 0. The molecular weight excluding hydrogens is 333 g/mol. The second-order valence-electron chi connectivity index (χ2n) is 3.91. The first-order valence-corrected chi connectivity index (χ1v) is 6.45. The van der Waals surface area contributed by atoms with Crippen molar-refractivity contribution in [2.24, 2.45) is 5.92 Å². The van der Waals surface area contributed by atoms with Gasteiger partial charge in [-0.25, -0.2) is 0 Å². The summed E-state index contributed by atoms with van der Waals surface area (Å²) >= 11 is 2.13. The van der Waals surface area contributed by atoms with Gasteiger partial charge in [-0.15, -0.1) is 0 Å². The number of amides is 1. The average molecular weight is 345 g/mol. The smallest absolute Gasteiger partial charge is 0.309 e. The van der Waals surface area contributed by atoms with Gasteiger partial charge in [0.25, 0.3) is 5.91 Å². The van der Waals surface area contributed by atoms with Gasteiger partial charge < -0.3 is 10.1 Å². The summed E-state index contributed by atoms with van der Waals surface area (Å²) in [5, 5.41) is 2.70. The van der Waals surface area contributed by atoms with Crippen LogP contribution in [0.15, 0.2) is 24.3 Å². The highest BCUT2D eigenvalue weighted by atomic mass is 127. The van der Waals surface area contributed by atoms with E-state index in [0.29, 0.717) is 0 Å². The van der Waals surface area contributed by atoms with Crippen LogP contribution in [0, 0.1) is 9.49 Å². The molecule has 1 amide bonds. The minimum absolute atomic E-state index is 0.0275. The summed E-state index contributed by atoms with van der Waals surface area (Å²) < 4.78 is 5.84. The number of carbonyl (C=O) groups excluding carboxylic acids is 2. The summed E-state index contributed by atoms with van der Waals surface area (Å²) in [6, 6.07) is 7.44. The zero-order valence-electron chi connectivity index (χ0n) is 9.11. The van der Waals surface area contributed by atoms with Crippen LogP contribution in [-0.4, -0.2) is 18.5 Å². The monoisotopic (exact) mass is 345 g/mol. The molecule has 0 spiro atoms. The van der Waals surface area contributed by atoms with E-state index in [0.717, 1.165) is 22.1 Å². The maximum absolute atomic E-state index is 11.5. The summed E-state index contributed by atoms with van der Waals surface area (Å²) in [6.45, 7) is -0.208. The Kier molecular flexibility index (Phi) is 3.98. The number of para-hydroxylation sites is 1. The van der Waals surface area contributed by atoms with E-state index in [2.05, 4.69) is 27.9 Å². The van der Waals surface area contributed by atoms with E-state index in [4.69, 9.17) is 4.74 Å². The third-order valence-corrected chi connectivity index (χ3v) is 3.34. The molecule has 90 valence electrons. The zero-order chi connectivity index (χ0) is 12.3. The Labute approximate surface area is 113 Å². The number of esters is 1. The molecule has 0 aliphatic heterocycles. The van der Waals surface area contributed by atoms with Crippen molar-refractivity contribution in [3.05, 3.63) is 27.8 Å². The molecule has 1 aliphatic carbocycles. The summed E-state index contributed by atoms with van der Waals surface area (Å²) in [5.41, 5.74) is 0.737. The van der Waals surface area contributed by atoms with Gasteiger partial charge in [-0.3, -0.25) is 9.59 Å². The van der Waals surface area contributed by atoms with E-state index in [1.807, 2.05) is 24.3 Å². The van der Waals surface area contributed by atoms with Crippen molar-refractivity contribution in [1.29, 1.82) is 0 Å². The average Bonchev–Trinajstić information content (AvgIpc) is 3.13. The van der Waals surface area contributed by atoms with Crippen LogP contribution in [0.2, 0.25) is 0 Å². The van der Waals surface area contributed by atoms with Crippen molar-refractivity contribution in [1.82, 2.24) is 0 Å². The molecule has 0 heterocycles. The third-order valence-electron chi connectivity index (χ3n) is 2.40. The number of anilines is 1. The normalized spacial score (nSPS) is 14.2. The highest BCUT2D eigenvalue weighted by molar-refractivity contribution is 14.1. The predicted molar refractivity (Wildman–Crippen MR) is 71.5 cm³/mol. The van der Waals surface area contributed by atoms with E-state index in [1.54, 1.807) is 0 Å². The summed E-state index contributed by atoms with van der Waals surface area (Å²) in [5.74, 6) is -0.536. The molecule has 0 bridgehead atoms. The van der Waals surface area contributed by atoms with Crippen LogP contribution < -0.4 is 5.32 Å². The standard InChI is InChI=1S/C12H12INO3/c13-9-3-1-2-4-10(9)14-11(15)7-17-12(16)8-5-6-8/h1-4,8H,5-7H2,(H,14,15). The largest absolute Gasteiger partial charge is 0.455 e. The zero-order valence-corrected chi connectivity index (χ0v) is 11.3. The highest BCUT2D eigenvalue weighted by Crippen LogP contribution is 2.29. The maximum atomic E-state index is 11.5. The SMILES string of the molecule is O=C(COC(=O)C1CC1)Nc1ccccc1I. The summed E-state index contributed by atoms with van der Waals surface area (Å²) in [6.07, 6.45) is 1.77. The quantitative estimate of drug-likeness (QED) is 0.672. The van der Waals surface area contributed by atoms with Gasteiger partial charge in [-0.1, -0.05) is 12.1 Å². The number of hydrogen-bond donors (Lipinski definition) is 1. The molecule has 1 aromatic rings. The van der Waals surface area contributed by atoms with Crippen LogP contribution in [0.3, 0.4) is 0 Å². The molecule has 1 fully saturated rings. The van der Waals surface area contributed by atoms with Crippen LogP contribution in [0.25, 0.3) is 0 Å². The Morgan fingerprint density at radius 3 is 2.71 bits per heavy atom. The van der Waals surface area contributed by atoms with Crippen LogP contribution in [0.5, 0.6) is 0 Å². The Balaban J connectivity index is 1.80. The number of benzene rings is 1. The minimum atomic E-state index is -0.303. The van der Waals surface area contributed by atoms with Gasteiger partial charge in [-0.2, -0.15) is 0 Å². The van der Waals surface area contributed by atoms with Gasteiger partial charge in [0.1, 0.15) is 0 Å². The van der Waals surface area contributed by atoms with Gasteiger partial charge in [0.05, 0.1) is 11.6 Å². The van der Waals surface area contributed by atoms with Gasteiger partial charge in [0.2, 0.25) is 0 Å². The van der Waals surface area contributed by atoms with E-state index in [9.17, 15) is 9.59 Å². The van der Waals surface area contributed by atoms with E-state index in [-0.39, 0.29) is 24.4 Å². The Bertz CT molecular complexity index is 443. The lowest BCUT2D eigenvalue weighted by molar-refractivity contribution is -0.148. The van der Waals surface area contributed by atoms with Crippen molar-refractivity contribution in [3.8, 4) is 0 Å². The van der Waals surface area contributed by atoms with Gasteiger partial charge >= 0.3 is 5.97 Å². The van der Waals surface area contributed by atoms with E-state index in [1.165, 1.54) is 0 Å². The minimum Gasteiger partial charge on any atom is -0.455 e. The molecule has 0 radical (unpaired) electrons. The molecule has 2 rings (SSSR count). The first-order valence-electron chi connectivity index (χ1n) is 5.38. The molecule has 1 aromatic carbocycles. The summed E-state index contributed by atoms with van der Waals surface area (Å²) in [4.78, 5) is 22.7. The molecule has 1 aliphatic rings. The van der Waals surface area contributed by atoms with E-state index < -0.39 is 0 Å². The Hall–Kier alpha value is -1.11. The Morgan fingerprint density at radius 2 is 2.06 bits per heavy atom. The third kappa shape index (κ3) is 3.69. The lowest BCUT2D eigenvalue weighted by atomic mass is 10.3. The number of carbonyl (C=O) groups is 2. The molecule has 0 atom stereocenters. The van der Waals surface area contributed by atoms with Crippen molar-refractivity contribution >= 4 is 40.2 Å². The van der Waals surface area contributed by atoms with Crippen molar-refractivity contribution in [3.63, 3.8) is 0 Å². The Morgan fingerprint density at radius 1 is 1.35 bits per heavy atom. The molecular formula is C12H12INO3. The van der Waals surface area contributed by atoms with Crippen LogP contribution >= 0.6 is 22.6 Å². The predicted octanol–water partition coefficient (Wildman–Crippen LogP) is 2.18. The number of rotatable bonds is 4. The van der Waals surface area contributed by atoms with Crippen LogP contribution in [-0.2, 0) is 14.3 Å². The molecule has 17 heavy (non-hydrogen) atoms. The fourth-order valence-corrected chi connectivity index (χ4v) is 1.84. The number of halogens is 1. The topological polar surface area (TPSA) is 55.4 Å². The first-order chi connectivity index (χ1) is 8.16. The molecule has 0 aromatic heterocycles. The molecule has 5 heteroatoms. The fraction of sp³-hybridized carbons (Fsp3) is 0.333. The molecule has 1 N–H and O–H groups in total. The lowest BCUT2D eigenvalue weighted by Gasteiger charge is -2.07. The van der Waals surface area contributed by atoms with E-state index >= 15 is 0 Å². The van der Waals surface area contributed by atoms with Crippen LogP contribution in [0.1, 0.15) is 12.8 Å². The fourth-order valence-electron chi connectivity index (χ4n) is 1.32. The highest BCUT2D eigenvalue weighted by Gasteiger charge is 2.31. The maximum Gasteiger partial charge on any atom is 0.309 e. The van der Waals surface area contributed by atoms with Gasteiger partial charge in [0.15, 0.2) is 6.61 Å². The first kappa shape index (κ1) is 12.3. The number of nitrogens with one attached hydrogen (secondary N) is 1. The van der Waals surface area contributed by atoms with Crippen LogP contribution in [0.4, 0.5) is 5.69 Å². The van der Waals surface area contributed by atoms with Gasteiger partial charge in [-0.05, 0) is 47.6 Å². The molecule has 1 saturated carbocycles. The second kappa shape index (κ2) is 5.48.